The second-order valence-electron chi connectivity index (χ2n) is 7.59. The molecule has 0 saturated carbocycles. The van der Waals surface area contributed by atoms with Gasteiger partial charge in [0.2, 0.25) is 0 Å². The van der Waals surface area contributed by atoms with Gasteiger partial charge in [-0.05, 0) is 47.2 Å². The van der Waals surface area contributed by atoms with Gasteiger partial charge in [-0.1, -0.05) is 31.2 Å². The van der Waals surface area contributed by atoms with Crippen LogP contribution in [0.15, 0.2) is 36.4 Å². The molecule has 150 valence electrons. The Bertz CT molecular complexity index is 819. The monoisotopic (exact) mass is 384 g/mol. The van der Waals surface area contributed by atoms with Crippen LogP contribution in [0.1, 0.15) is 48.1 Å². The van der Waals surface area contributed by atoms with E-state index in [4.69, 9.17) is 14.2 Å². The van der Waals surface area contributed by atoms with Gasteiger partial charge in [-0.2, -0.15) is 0 Å². The lowest BCUT2D eigenvalue weighted by Crippen LogP contribution is -2.33. The van der Waals surface area contributed by atoms with Crippen molar-refractivity contribution in [3.05, 3.63) is 58.7 Å². The van der Waals surface area contributed by atoms with Crippen molar-refractivity contribution < 1.29 is 24.4 Å². The summed E-state index contributed by atoms with van der Waals surface area (Å²) >= 11 is 0. The molecule has 5 nitrogen and oxygen atoms in total. The van der Waals surface area contributed by atoms with Gasteiger partial charge in [-0.25, -0.2) is 0 Å². The second kappa shape index (κ2) is 8.52. The van der Waals surface area contributed by atoms with Crippen molar-refractivity contribution in [3.63, 3.8) is 0 Å². The van der Waals surface area contributed by atoms with Crippen LogP contribution < -0.4 is 9.47 Å². The Morgan fingerprint density at radius 1 is 0.964 bits per heavy atom. The maximum absolute atomic E-state index is 10.1. The lowest BCUT2D eigenvalue weighted by molar-refractivity contribution is -0.113. The first-order valence-corrected chi connectivity index (χ1v) is 10.1. The SMILES string of the molecule is CCc1ccc(C2CC(O)CC(CO)O2)cc1Cc1ccc2c(c1)OCCO2. The van der Waals surface area contributed by atoms with Crippen molar-refractivity contribution >= 4 is 0 Å². The maximum Gasteiger partial charge on any atom is 0.161 e. The summed E-state index contributed by atoms with van der Waals surface area (Å²) in [6, 6.07) is 12.5. The first kappa shape index (κ1) is 19.2. The van der Waals surface area contributed by atoms with E-state index in [2.05, 4.69) is 37.3 Å². The van der Waals surface area contributed by atoms with Crippen LogP contribution in [0.2, 0.25) is 0 Å². The van der Waals surface area contributed by atoms with Gasteiger partial charge in [-0.15, -0.1) is 0 Å². The zero-order valence-corrected chi connectivity index (χ0v) is 16.3. The van der Waals surface area contributed by atoms with Gasteiger partial charge in [0.25, 0.3) is 0 Å². The van der Waals surface area contributed by atoms with Crippen LogP contribution in [-0.4, -0.2) is 42.2 Å². The number of hydrogen-bond acceptors (Lipinski definition) is 5. The molecule has 0 bridgehead atoms. The largest absolute Gasteiger partial charge is 0.486 e. The fourth-order valence-corrected chi connectivity index (χ4v) is 4.10. The normalized spacial score (nSPS) is 24.2. The molecule has 5 heteroatoms. The Morgan fingerprint density at radius 3 is 2.57 bits per heavy atom. The molecule has 2 heterocycles. The number of ether oxygens (including phenoxy) is 3. The van der Waals surface area contributed by atoms with E-state index < -0.39 is 6.10 Å². The van der Waals surface area contributed by atoms with Gasteiger partial charge in [-0.3, -0.25) is 0 Å². The van der Waals surface area contributed by atoms with Crippen molar-refractivity contribution in [2.75, 3.05) is 19.8 Å². The average molecular weight is 384 g/mol. The van der Waals surface area contributed by atoms with E-state index in [1.54, 1.807) is 0 Å². The molecule has 2 N–H and O–H groups in total. The van der Waals surface area contributed by atoms with Crippen molar-refractivity contribution in [3.8, 4) is 11.5 Å². The van der Waals surface area contributed by atoms with Crippen LogP contribution >= 0.6 is 0 Å². The molecule has 1 fully saturated rings. The fraction of sp³-hybridized carbons (Fsp3) is 0.478. The zero-order chi connectivity index (χ0) is 19.5. The lowest BCUT2D eigenvalue weighted by Gasteiger charge is -2.33. The number of benzene rings is 2. The van der Waals surface area contributed by atoms with Crippen LogP contribution in [0.4, 0.5) is 0 Å². The Balaban J connectivity index is 1.59. The Hall–Kier alpha value is -2.08. The number of aryl methyl sites for hydroxylation is 1. The summed E-state index contributed by atoms with van der Waals surface area (Å²) in [5, 5.41) is 19.6. The smallest absolute Gasteiger partial charge is 0.161 e. The quantitative estimate of drug-likeness (QED) is 0.829. The predicted molar refractivity (Wildman–Crippen MR) is 106 cm³/mol. The Kier molecular flexibility index (Phi) is 5.85. The number of rotatable bonds is 5. The lowest BCUT2D eigenvalue weighted by atomic mass is 9.91. The van der Waals surface area contributed by atoms with Crippen LogP contribution in [0.25, 0.3) is 0 Å². The van der Waals surface area contributed by atoms with Crippen molar-refractivity contribution in [1.29, 1.82) is 0 Å². The summed E-state index contributed by atoms with van der Waals surface area (Å²) < 4.78 is 17.3. The van der Waals surface area contributed by atoms with E-state index in [0.717, 1.165) is 29.9 Å². The first-order valence-electron chi connectivity index (χ1n) is 10.1. The summed E-state index contributed by atoms with van der Waals surface area (Å²) in [4.78, 5) is 0. The van der Waals surface area contributed by atoms with Gasteiger partial charge in [0.1, 0.15) is 13.2 Å². The van der Waals surface area contributed by atoms with Crippen LogP contribution in [0.5, 0.6) is 11.5 Å². The van der Waals surface area contributed by atoms with Crippen LogP contribution in [-0.2, 0) is 17.6 Å². The minimum atomic E-state index is -0.442. The highest BCUT2D eigenvalue weighted by molar-refractivity contribution is 5.46. The number of aliphatic hydroxyl groups excluding tert-OH is 2. The van der Waals surface area contributed by atoms with Crippen molar-refractivity contribution in [2.24, 2.45) is 0 Å². The first-order chi connectivity index (χ1) is 13.7. The molecule has 0 spiro atoms. The van der Waals surface area contributed by atoms with E-state index in [1.807, 2.05) is 6.07 Å². The summed E-state index contributed by atoms with van der Waals surface area (Å²) in [6.07, 6.45) is 1.87. The van der Waals surface area contributed by atoms with E-state index in [9.17, 15) is 10.2 Å². The molecule has 2 aromatic carbocycles. The van der Waals surface area contributed by atoms with Crippen molar-refractivity contribution in [2.45, 2.75) is 50.9 Å². The summed E-state index contributed by atoms with van der Waals surface area (Å²) in [7, 11) is 0. The van der Waals surface area contributed by atoms with E-state index in [1.165, 1.54) is 16.7 Å². The second-order valence-corrected chi connectivity index (χ2v) is 7.59. The molecule has 4 rings (SSSR count). The predicted octanol–water partition coefficient (Wildman–Crippen LogP) is 3.18. The third-order valence-corrected chi connectivity index (χ3v) is 5.57. The van der Waals surface area contributed by atoms with E-state index in [-0.39, 0.29) is 18.8 Å². The highest BCUT2D eigenvalue weighted by Crippen LogP contribution is 2.34. The third kappa shape index (κ3) is 4.17. The van der Waals surface area contributed by atoms with Crippen LogP contribution in [0, 0.1) is 0 Å². The molecule has 1 saturated heterocycles. The Morgan fingerprint density at radius 2 is 1.79 bits per heavy atom. The average Bonchev–Trinajstić information content (AvgIpc) is 2.73. The minimum absolute atomic E-state index is 0.0648. The standard InChI is InChI=1S/C23H28O5/c1-2-16-4-5-17(22-13-19(25)12-20(14-24)28-22)11-18(16)9-15-3-6-21-23(10-15)27-8-7-26-21/h3-6,10-11,19-20,22,24-25H,2,7-9,12-14H2,1H3. The fourth-order valence-electron chi connectivity index (χ4n) is 4.10. The number of aliphatic hydroxyl groups is 2. The van der Waals surface area contributed by atoms with Gasteiger partial charge in [0.05, 0.1) is 24.9 Å². The molecule has 28 heavy (non-hydrogen) atoms. The molecule has 3 unspecified atom stereocenters. The molecular weight excluding hydrogens is 356 g/mol. The van der Waals surface area contributed by atoms with Gasteiger partial charge in [0, 0.05) is 12.8 Å². The molecule has 0 aromatic heterocycles. The summed E-state index contributed by atoms with van der Waals surface area (Å²) in [5.41, 5.74) is 4.78. The number of hydrogen-bond donors (Lipinski definition) is 2. The van der Waals surface area contributed by atoms with Gasteiger partial charge in [0.15, 0.2) is 11.5 Å². The zero-order valence-electron chi connectivity index (χ0n) is 16.3. The molecule has 2 aromatic rings. The van der Waals surface area contributed by atoms with E-state index in [0.29, 0.717) is 26.1 Å². The molecule has 0 aliphatic carbocycles. The molecule has 0 amide bonds. The van der Waals surface area contributed by atoms with Gasteiger partial charge >= 0.3 is 0 Å². The molecule has 2 aliphatic heterocycles. The highest BCUT2D eigenvalue weighted by Gasteiger charge is 2.29. The summed E-state index contributed by atoms with van der Waals surface area (Å²) in [6.45, 7) is 3.27. The molecule has 3 atom stereocenters. The Labute approximate surface area is 165 Å². The van der Waals surface area contributed by atoms with Crippen LogP contribution in [0.3, 0.4) is 0 Å². The molecule has 0 radical (unpaired) electrons. The number of fused-ring (bicyclic) bond motifs is 1. The minimum Gasteiger partial charge on any atom is -0.486 e. The third-order valence-electron chi connectivity index (χ3n) is 5.57. The highest BCUT2D eigenvalue weighted by atomic mass is 16.6. The summed E-state index contributed by atoms with van der Waals surface area (Å²) in [5.74, 6) is 1.61. The van der Waals surface area contributed by atoms with Crippen molar-refractivity contribution in [1.82, 2.24) is 0 Å². The molecule has 2 aliphatic rings. The van der Waals surface area contributed by atoms with Gasteiger partial charge < -0.3 is 24.4 Å². The topological polar surface area (TPSA) is 68.2 Å². The molecular formula is C23H28O5. The van der Waals surface area contributed by atoms with E-state index >= 15 is 0 Å². The maximum atomic E-state index is 10.1.